The minimum atomic E-state index is -0.463. The molecule has 1 amide bonds. The van der Waals surface area contributed by atoms with E-state index in [0.29, 0.717) is 17.8 Å². The molecule has 1 aromatic carbocycles. The zero-order valence-electron chi connectivity index (χ0n) is 11.9. The molecule has 0 aliphatic heterocycles. The third-order valence-electron chi connectivity index (χ3n) is 2.76. The Bertz CT molecular complexity index is 683. The molecule has 5 heteroatoms. The van der Waals surface area contributed by atoms with Gasteiger partial charge < -0.3 is 10.1 Å². The van der Waals surface area contributed by atoms with Crippen LogP contribution in [0.15, 0.2) is 41.8 Å². The average molecular weight is 313 g/mol. The van der Waals surface area contributed by atoms with Crippen LogP contribution in [0, 0.1) is 11.8 Å². The van der Waals surface area contributed by atoms with Crippen molar-refractivity contribution in [1.29, 1.82) is 0 Å². The van der Waals surface area contributed by atoms with E-state index in [0.717, 1.165) is 17.4 Å². The normalized spacial score (nSPS) is 9.45. The van der Waals surface area contributed by atoms with E-state index in [-0.39, 0.29) is 6.61 Å². The van der Waals surface area contributed by atoms with Crippen LogP contribution in [0.4, 0.5) is 4.79 Å². The molecule has 0 unspecified atom stereocenters. The zero-order chi connectivity index (χ0) is 15.6. The second-order valence-corrected chi connectivity index (χ2v) is 5.30. The molecule has 0 atom stereocenters. The highest BCUT2D eigenvalue weighted by Gasteiger charge is 2.01. The van der Waals surface area contributed by atoms with E-state index >= 15 is 0 Å². The third kappa shape index (κ3) is 5.08. The number of carbonyl (C=O) groups excluding carboxylic acids is 2. The predicted octanol–water partition coefficient (Wildman–Crippen LogP) is 3.23. The number of amides is 1. The highest BCUT2D eigenvalue weighted by atomic mass is 32.1. The van der Waals surface area contributed by atoms with Gasteiger partial charge in [0.15, 0.2) is 6.29 Å². The van der Waals surface area contributed by atoms with Gasteiger partial charge in [0.25, 0.3) is 0 Å². The lowest BCUT2D eigenvalue weighted by Gasteiger charge is -2.05. The van der Waals surface area contributed by atoms with E-state index in [1.165, 1.54) is 11.3 Å². The number of thiophene rings is 1. The van der Waals surface area contributed by atoms with E-state index in [2.05, 4.69) is 17.2 Å². The van der Waals surface area contributed by atoms with Gasteiger partial charge in [-0.15, -0.1) is 11.3 Å². The van der Waals surface area contributed by atoms with Gasteiger partial charge in [-0.05, 0) is 17.0 Å². The van der Waals surface area contributed by atoms with Gasteiger partial charge in [-0.1, -0.05) is 42.2 Å². The lowest BCUT2D eigenvalue weighted by Crippen LogP contribution is -2.24. The summed E-state index contributed by atoms with van der Waals surface area (Å²) in [5.74, 6) is 5.83. The molecular weight excluding hydrogens is 298 g/mol. The van der Waals surface area contributed by atoms with E-state index < -0.39 is 6.09 Å². The number of alkyl carbamates (subject to hydrolysis) is 1. The van der Waals surface area contributed by atoms with Crippen molar-refractivity contribution >= 4 is 23.7 Å². The zero-order valence-corrected chi connectivity index (χ0v) is 12.7. The topological polar surface area (TPSA) is 55.4 Å². The monoisotopic (exact) mass is 313 g/mol. The number of rotatable bonds is 5. The van der Waals surface area contributed by atoms with Crippen molar-refractivity contribution in [1.82, 2.24) is 5.32 Å². The maximum atomic E-state index is 11.5. The Hall–Kier alpha value is -2.58. The first-order valence-corrected chi connectivity index (χ1v) is 7.63. The van der Waals surface area contributed by atoms with Crippen LogP contribution in [0.3, 0.4) is 0 Å². The standard InChI is InChI=1S/C17H15NO3S/c19-12-16-15(9-11-22-16)8-4-5-10-18-17(20)21-13-14-6-2-1-3-7-14/h1-3,6-7,9,11-12H,5,10,13H2,(H,18,20). The maximum absolute atomic E-state index is 11.5. The summed E-state index contributed by atoms with van der Waals surface area (Å²) in [7, 11) is 0. The van der Waals surface area contributed by atoms with Gasteiger partial charge in [-0.3, -0.25) is 4.79 Å². The summed E-state index contributed by atoms with van der Waals surface area (Å²) in [4.78, 5) is 22.8. The molecule has 0 fully saturated rings. The van der Waals surface area contributed by atoms with Crippen molar-refractivity contribution in [2.75, 3.05) is 6.54 Å². The molecule has 0 bridgehead atoms. The molecule has 1 heterocycles. The number of aldehydes is 1. The maximum Gasteiger partial charge on any atom is 0.407 e. The number of hydrogen-bond donors (Lipinski definition) is 1. The van der Waals surface area contributed by atoms with Gasteiger partial charge in [0.2, 0.25) is 0 Å². The largest absolute Gasteiger partial charge is 0.445 e. The second kappa shape index (κ2) is 8.65. The number of nitrogens with one attached hydrogen (secondary N) is 1. The Balaban J connectivity index is 1.66. The summed E-state index contributed by atoms with van der Waals surface area (Å²) in [6.07, 6.45) is 0.831. The molecule has 1 N–H and O–H groups in total. The molecule has 0 saturated heterocycles. The van der Waals surface area contributed by atoms with Gasteiger partial charge in [0.05, 0.1) is 4.88 Å². The van der Waals surface area contributed by atoms with Crippen LogP contribution >= 0.6 is 11.3 Å². The van der Waals surface area contributed by atoms with E-state index in [4.69, 9.17) is 4.74 Å². The van der Waals surface area contributed by atoms with Gasteiger partial charge >= 0.3 is 6.09 Å². The Morgan fingerprint density at radius 1 is 1.27 bits per heavy atom. The average Bonchev–Trinajstić information content (AvgIpc) is 3.01. The summed E-state index contributed by atoms with van der Waals surface area (Å²) in [6, 6.07) is 11.3. The Morgan fingerprint density at radius 2 is 2.09 bits per heavy atom. The van der Waals surface area contributed by atoms with Crippen molar-refractivity contribution in [3.63, 3.8) is 0 Å². The molecule has 0 aliphatic rings. The second-order valence-electron chi connectivity index (χ2n) is 4.36. The molecule has 22 heavy (non-hydrogen) atoms. The Labute approximate surface area is 133 Å². The molecule has 0 aliphatic carbocycles. The fourth-order valence-electron chi connectivity index (χ4n) is 1.67. The molecular formula is C17H15NO3S. The number of hydrogen-bond acceptors (Lipinski definition) is 4. The third-order valence-corrected chi connectivity index (χ3v) is 3.60. The summed E-state index contributed by atoms with van der Waals surface area (Å²) in [5, 5.41) is 4.46. The van der Waals surface area contributed by atoms with E-state index in [1.807, 2.05) is 41.8 Å². The SMILES string of the molecule is O=Cc1sccc1C#CCCNC(=O)OCc1ccccc1. The van der Waals surface area contributed by atoms with Crippen LogP contribution in [-0.2, 0) is 11.3 Å². The molecule has 2 rings (SSSR count). The number of benzene rings is 1. The molecule has 1 aromatic heterocycles. The summed E-state index contributed by atoms with van der Waals surface area (Å²) in [5.41, 5.74) is 1.67. The molecule has 2 aromatic rings. The molecule has 0 saturated carbocycles. The molecule has 0 radical (unpaired) electrons. The van der Waals surface area contributed by atoms with E-state index in [1.54, 1.807) is 0 Å². The first-order chi connectivity index (χ1) is 10.8. The Morgan fingerprint density at radius 3 is 2.86 bits per heavy atom. The Kier molecular flexibility index (Phi) is 6.21. The van der Waals surface area contributed by atoms with Crippen LogP contribution in [-0.4, -0.2) is 18.9 Å². The summed E-state index contributed by atoms with van der Waals surface area (Å²) < 4.78 is 5.07. The molecule has 0 spiro atoms. The molecule has 4 nitrogen and oxygen atoms in total. The van der Waals surface area contributed by atoms with Crippen molar-refractivity contribution in [2.45, 2.75) is 13.0 Å². The highest BCUT2D eigenvalue weighted by Crippen LogP contribution is 2.12. The lowest BCUT2D eigenvalue weighted by atomic mass is 10.2. The lowest BCUT2D eigenvalue weighted by molar-refractivity contribution is 0.112. The van der Waals surface area contributed by atoms with Crippen molar-refractivity contribution in [2.24, 2.45) is 0 Å². The van der Waals surface area contributed by atoms with Crippen molar-refractivity contribution < 1.29 is 14.3 Å². The van der Waals surface area contributed by atoms with Crippen LogP contribution < -0.4 is 5.32 Å². The highest BCUT2D eigenvalue weighted by molar-refractivity contribution is 7.11. The summed E-state index contributed by atoms with van der Waals surface area (Å²) in [6.45, 7) is 0.650. The van der Waals surface area contributed by atoms with E-state index in [9.17, 15) is 9.59 Å². The van der Waals surface area contributed by atoms with Crippen LogP contribution in [0.1, 0.15) is 27.2 Å². The van der Waals surface area contributed by atoms with Crippen LogP contribution in [0.5, 0.6) is 0 Å². The number of ether oxygens (including phenoxy) is 1. The van der Waals surface area contributed by atoms with Crippen LogP contribution in [0.2, 0.25) is 0 Å². The first-order valence-electron chi connectivity index (χ1n) is 6.75. The first kappa shape index (κ1) is 15.8. The smallest absolute Gasteiger partial charge is 0.407 e. The van der Waals surface area contributed by atoms with Gasteiger partial charge in [-0.2, -0.15) is 0 Å². The van der Waals surface area contributed by atoms with Crippen molar-refractivity contribution in [3.05, 3.63) is 57.8 Å². The number of carbonyl (C=O) groups is 2. The van der Waals surface area contributed by atoms with Crippen molar-refractivity contribution in [3.8, 4) is 11.8 Å². The minimum absolute atomic E-state index is 0.246. The molecule has 112 valence electrons. The minimum Gasteiger partial charge on any atom is -0.445 e. The van der Waals surface area contributed by atoms with Gasteiger partial charge in [-0.25, -0.2) is 4.79 Å². The fourth-order valence-corrected chi connectivity index (χ4v) is 2.33. The van der Waals surface area contributed by atoms with Crippen LogP contribution in [0.25, 0.3) is 0 Å². The predicted molar refractivity (Wildman–Crippen MR) is 85.8 cm³/mol. The fraction of sp³-hybridized carbons (Fsp3) is 0.176. The van der Waals surface area contributed by atoms with Gasteiger partial charge in [0, 0.05) is 18.5 Å². The summed E-state index contributed by atoms with van der Waals surface area (Å²) >= 11 is 1.36. The van der Waals surface area contributed by atoms with Gasteiger partial charge in [0.1, 0.15) is 6.61 Å². The quantitative estimate of drug-likeness (QED) is 0.524.